The lowest BCUT2D eigenvalue weighted by Crippen LogP contribution is -2.45. The molecule has 3 rings (SSSR count). The Labute approximate surface area is 127 Å². The highest BCUT2D eigenvalue weighted by molar-refractivity contribution is 7.21. The van der Waals surface area contributed by atoms with E-state index in [1.54, 1.807) is 17.9 Å². The molecule has 5 heteroatoms. The molecule has 2 aromatic rings. The lowest BCUT2D eigenvalue weighted by Gasteiger charge is -2.37. The molecule has 0 bridgehead atoms. The second-order valence-electron chi connectivity index (χ2n) is 5.48. The van der Waals surface area contributed by atoms with Crippen molar-refractivity contribution >= 4 is 27.3 Å². The number of halogens is 1. The van der Waals surface area contributed by atoms with Gasteiger partial charge in [-0.25, -0.2) is 4.39 Å². The quantitative estimate of drug-likeness (QED) is 0.941. The lowest BCUT2D eigenvalue weighted by atomic mass is 9.91. The first kappa shape index (κ1) is 14.5. The van der Waals surface area contributed by atoms with Gasteiger partial charge in [-0.3, -0.25) is 4.79 Å². The summed E-state index contributed by atoms with van der Waals surface area (Å²) in [6.45, 7) is 2.10. The van der Waals surface area contributed by atoms with Gasteiger partial charge in [0.1, 0.15) is 5.82 Å². The number of benzene rings is 1. The van der Waals surface area contributed by atoms with Crippen LogP contribution in [-0.4, -0.2) is 35.1 Å². The standard InChI is InChI=1S/C16H18FNO2S/c1-10-14-12(17)6-3-7-13(14)21-15(10)16(20)18(8-9-19)11-4-2-5-11/h3,6-7,11,19H,2,4-5,8-9H2,1H3. The molecule has 1 N–H and O–H groups in total. The van der Waals surface area contributed by atoms with Gasteiger partial charge in [0.15, 0.2) is 0 Å². The van der Waals surface area contributed by atoms with Crippen LogP contribution in [0, 0.1) is 12.7 Å². The summed E-state index contributed by atoms with van der Waals surface area (Å²) in [5.41, 5.74) is 0.709. The number of rotatable bonds is 4. The van der Waals surface area contributed by atoms with Crippen LogP contribution < -0.4 is 0 Å². The van der Waals surface area contributed by atoms with Gasteiger partial charge < -0.3 is 10.0 Å². The van der Waals surface area contributed by atoms with Crippen LogP contribution in [0.4, 0.5) is 4.39 Å². The summed E-state index contributed by atoms with van der Waals surface area (Å²) < 4.78 is 14.8. The molecule has 0 aliphatic heterocycles. The number of aliphatic hydroxyl groups excluding tert-OH is 1. The molecular weight excluding hydrogens is 289 g/mol. The van der Waals surface area contributed by atoms with E-state index in [4.69, 9.17) is 0 Å². The molecule has 0 saturated heterocycles. The van der Waals surface area contributed by atoms with Crippen LogP contribution in [-0.2, 0) is 0 Å². The fourth-order valence-corrected chi connectivity index (χ4v) is 4.02. The van der Waals surface area contributed by atoms with E-state index in [1.165, 1.54) is 17.4 Å². The van der Waals surface area contributed by atoms with Gasteiger partial charge >= 0.3 is 0 Å². The average molecular weight is 307 g/mol. The Morgan fingerprint density at radius 2 is 2.24 bits per heavy atom. The van der Waals surface area contributed by atoms with E-state index in [0.717, 1.165) is 24.0 Å². The second-order valence-corrected chi connectivity index (χ2v) is 6.53. The molecule has 0 spiro atoms. The van der Waals surface area contributed by atoms with E-state index >= 15 is 0 Å². The third kappa shape index (κ3) is 2.45. The topological polar surface area (TPSA) is 40.5 Å². The SMILES string of the molecule is Cc1c(C(=O)N(CCO)C2CCC2)sc2cccc(F)c12. The minimum atomic E-state index is -0.280. The van der Waals surface area contributed by atoms with Crippen molar-refractivity contribution in [1.82, 2.24) is 4.90 Å². The fraction of sp³-hybridized carbons (Fsp3) is 0.438. The van der Waals surface area contributed by atoms with Crippen LogP contribution in [0.25, 0.3) is 10.1 Å². The molecule has 3 nitrogen and oxygen atoms in total. The Bertz CT molecular complexity index is 678. The fourth-order valence-electron chi connectivity index (χ4n) is 2.84. The Hall–Kier alpha value is -1.46. The Morgan fingerprint density at radius 1 is 1.48 bits per heavy atom. The number of aryl methyl sites for hydroxylation is 1. The highest BCUT2D eigenvalue weighted by atomic mass is 32.1. The summed E-state index contributed by atoms with van der Waals surface area (Å²) in [5, 5.41) is 9.75. The van der Waals surface area contributed by atoms with E-state index in [-0.39, 0.29) is 24.4 Å². The summed E-state index contributed by atoms with van der Waals surface area (Å²) in [4.78, 5) is 15.1. The molecule has 0 unspecified atom stereocenters. The molecule has 1 amide bonds. The molecule has 112 valence electrons. The van der Waals surface area contributed by atoms with Crippen LogP contribution in [0.3, 0.4) is 0 Å². The highest BCUT2D eigenvalue weighted by Gasteiger charge is 2.31. The number of aliphatic hydroxyl groups is 1. The molecule has 1 aliphatic rings. The number of thiophene rings is 1. The van der Waals surface area contributed by atoms with E-state index in [2.05, 4.69) is 0 Å². The summed E-state index contributed by atoms with van der Waals surface area (Å²) >= 11 is 1.34. The first-order valence-electron chi connectivity index (χ1n) is 7.23. The molecular formula is C16H18FNO2S. The highest BCUT2D eigenvalue weighted by Crippen LogP contribution is 2.35. The van der Waals surface area contributed by atoms with Gasteiger partial charge in [-0.2, -0.15) is 0 Å². The van der Waals surface area contributed by atoms with Gasteiger partial charge in [0, 0.05) is 22.7 Å². The van der Waals surface area contributed by atoms with Crippen molar-refractivity contribution < 1.29 is 14.3 Å². The molecule has 1 heterocycles. The monoisotopic (exact) mass is 307 g/mol. The normalized spacial score (nSPS) is 15.2. The predicted octanol–water partition coefficient (Wildman–Crippen LogP) is 3.34. The van der Waals surface area contributed by atoms with E-state index in [9.17, 15) is 14.3 Å². The first-order chi connectivity index (χ1) is 10.1. The average Bonchev–Trinajstić information content (AvgIpc) is 2.74. The molecule has 1 fully saturated rings. The van der Waals surface area contributed by atoms with E-state index in [0.29, 0.717) is 22.4 Å². The summed E-state index contributed by atoms with van der Waals surface area (Å²) in [7, 11) is 0. The zero-order chi connectivity index (χ0) is 15.0. The van der Waals surface area contributed by atoms with Crippen LogP contribution in [0.2, 0.25) is 0 Å². The molecule has 1 saturated carbocycles. The number of fused-ring (bicyclic) bond motifs is 1. The number of nitrogens with zero attached hydrogens (tertiary/aromatic N) is 1. The molecule has 1 aliphatic carbocycles. The molecule has 1 aromatic carbocycles. The maximum absolute atomic E-state index is 14.0. The molecule has 21 heavy (non-hydrogen) atoms. The largest absolute Gasteiger partial charge is 0.395 e. The van der Waals surface area contributed by atoms with Crippen LogP contribution in [0.15, 0.2) is 18.2 Å². The number of hydrogen-bond donors (Lipinski definition) is 1. The Balaban J connectivity index is 2.00. The van der Waals surface area contributed by atoms with Crippen LogP contribution >= 0.6 is 11.3 Å². The van der Waals surface area contributed by atoms with Crippen molar-refractivity contribution in [3.63, 3.8) is 0 Å². The number of amides is 1. The van der Waals surface area contributed by atoms with Gasteiger partial charge in [0.2, 0.25) is 0 Å². The van der Waals surface area contributed by atoms with Gasteiger partial charge in [-0.05, 0) is 43.9 Å². The van der Waals surface area contributed by atoms with Crippen molar-refractivity contribution in [3.8, 4) is 0 Å². The summed E-state index contributed by atoms with van der Waals surface area (Å²) in [6.07, 6.45) is 3.11. The Kier molecular flexibility index (Phi) is 3.95. The number of carbonyl (C=O) groups excluding carboxylic acids is 1. The zero-order valence-corrected chi connectivity index (χ0v) is 12.8. The zero-order valence-electron chi connectivity index (χ0n) is 11.9. The minimum Gasteiger partial charge on any atom is -0.395 e. The van der Waals surface area contributed by atoms with Crippen molar-refractivity contribution in [2.24, 2.45) is 0 Å². The maximum atomic E-state index is 14.0. The molecule has 1 aromatic heterocycles. The number of carbonyl (C=O) groups is 1. The third-order valence-corrected chi connectivity index (χ3v) is 5.46. The van der Waals surface area contributed by atoms with Crippen LogP contribution in [0.1, 0.15) is 34.5 Å². The van der Waals surface area contributed by atoms with Crippen molar-refractivity contribution in [1.29, 1.82) is 0 Å². The van der Waals surface area contributed by atoms with Crippen molar-refractivity contribution in [2.45, 2.75) is 32.2 Å². The third-order valence-electron chi connectivity index (χ3n) is 4.21. The maximum Gasteiger partial charge on any atom is 0.264 e. The van der Waals surface area contributed by atoms with Gasteiger partial charge in [0.25, 0.3) is 5.91 Å². The van der Waals surface area contributed by atoms with Crippen molar-refractivity contribution in [2.75, 3.05) is 13.2 Å². The second kappa shape index (κ2) is 5.73. The summed E-state index contributed by atoms with van der Waals surface area (Å²) in [6, 6.07) is 5.15. The van der Waals surface area contributed by atoms with E-state index in [1.807, 2.05) is 6.07 Å². The minimum absolute atomic E-state index is 0.0411. The first-order valence-corrected chi connectivity index (χ1v) is 8.04. The summed E-state index contributed by atoms with van der Waals surface area (Å²) in [5.74, 6) is -0.357. The number of hydrogen-bond acceptors (Lipinski definition) is 3. The predicted molar refractivity (Wildman–Crippen MR) is 82.3 cm³/mol. The Morgan fingerprint density at radius 3 is 2.81 bits per heavy atom. The molecule has 0 atom stereocenters. The van der Waals surface area contributed by atoms with Crippen LogP contribution in [0.5, 0.6) is 0 Å². The van der Waals surface area contributed by atoms with Gasteiger partial charge in [-0.1, -0.05) is 6.07 Å². The van der Waals surface area contributed by atoms with Gasteiger partial charge in [0.05, 0.1) is 11.5 Å². The smallest absolute Gasteiger partial charge is 0.264 e. The van der Waals surface area contributed by atoms with Gasteiger partial charge in [-0.15, -0.1) is 11.3 Å². The lowest BCUT2D eigenvalue weighted by molar-refractivity contribution is 0.0530. The molecule has 0 radical (unpaired) electrons. The van der Waals surface area contributed by atoms with E-state index < -0.39 is 0 Å². The van der Waals surface area contributed by atoms with Crippen molar-refractivity contribution in [3.05, 3.63) is 34.5 Å².